The van der Waals surface area contributed by atoms with Crippen molar-refractivity contribution in [3.8, 4) is 11.3 Å². The number of nitrogens with zero attached hydrogens (tertiary/aromatic N) is 2. The van der Waals surface area contributed by atoms with Gasteiger partial charge in [0.25, 0.3) is 0 Å². The third-order valence-corrected chi connectivity index (χ3v) is 4.17. The molecule has 3 rings (SSSR count). The number of halogens is 4. The molecule has 0 spiro atoms. The normalized spacial score (nSPS) is 12.8. The number of hydrogen-bond donors (Lipinski definition) is 1. The van der Waals surface area contributed by atoms with Gasteiger partial charge in [0.1, 0.15) is 0 Å². The minimum Gasteiger partial charge on any atom is -0.619 e. The summed E-state index contributed by atoms with van der Waals surface area (Å²) in [5, 5.41) is 14.2. The maximum atomic E-state index is 13.7. The highest BCUT2D eigenvalue weighted by atomic mass is 35.5. The first kappa shape index (κ1) is 18.9. The van der Waals surface area contributed by atoms with Crippen LogP contribution in [0.2, 0.25) is 5.02 Å². The molecule has 0 aliphatic rings. The predicted molar refractivity (Wildman–Crippen MR) is 93.8 cm³/mol. The number of carbonyl (C=O) groups excluding carboxylic acids is 1. The molecular weight excluding hydrogens is 383 g/mol. The van der Waals surface area contributed by atoms with Crippen molar-refractivity contribution in [2.24, 2.45) is 0 Å². The maximum Gasteiger partial charge on any atom is 0.412 e. The Balaban J connectivity index is 2.34. The van der Waals surface area contributed by atoms with Gasteiger partial charge in [0, 0.05) is 23.9 Å². The van der Waals surface area contributed by atoms with Crippen LogP contribution < -0.4 is 10.0 Å². The Bertz CT molecular complexity index is 1020. The van der Waals surface area contributed by atoms with E-state index in [1.807, 2.05) is 5.32 Å². The summed E-state index contributed by atoms with van der Waals surface area (Å²) in [5.41, 5.74) is 0.0995. The molecule has 1 N–H and O–H groups in total. The second-order valence-electron chi connectivity index (χ2n) is 5.87. The van der Waals surface area contributed by atoms with Crippen molar-refractivity contribution in [2.75, 3.05) is 0 Å². The van der Waals surface area contributed by atoms with E-state index in [2.05, 4.69) is 4.98 Å². The van der Waals surface area contributed by atoms with Crippen LogP contribution in [-0.4, -0.2) is 17.1 Å². The van der Waals surface area contributed by atoms with Crippen LogP contribution in [0.25, 0.3) is 22.2 Å². The fourth-order valence-electron chi connectivity index (χ4n) is 2.76. The van der Waals surface area contributed by atoms with E-state index in [0.717, 1.165) is 13.1 Å². The van der Waals surface area contributed by atoms with Gasteiger partial charge < -0.3 is 10.5 Å². The third kappa shape index (κ3) is 3.95. The van der Waals surface area contributed by atoms with E-state index in [1.165, 1.54) is 24.4 Å². The van der Waals surface area contributed by atoms with Gasteiger partial charge in [-0.1, -0.05) is 23.7 Å². The summed E-state index contributed by atoms with van der Waals surface area (Å²) < 4.78 is 41.5. The molecule has 9 heteroatoms. The van der Waals surface area contributed by atoms with Gasteiger partial charge in [-0.2, -0.15) is 17.9 Å². The Morgan fingerprint density at radius 3 is 2.67 bits per heavy atom. The molecule has 27 heavy (non-hydrogen) atoms. The zero-order chi connectivity index (χ0) is 19.8. The van der Waals surface area contributed by atoms with E-state index >= 15 is 0 Å². The fourth-order valence-corrected chi connectivity index (χ4v) is 2.99. The Hall–Kier alpha value is -2.87. The second-order valence-corrected chi connectivity index (χ2v) is 6.27. The predicted octanol–water partition coefficient (Wildman–Crippen LogP) is 3.93. The molecule has 0 fully saturated rings. The number of aromatic nitrogens is 2. The average molecular weight is 396 g/mol. The molecule has 3 aromatic rings. The van der Waals surface area contributed by atoms with E-state index in [-0.39, 0.29) is 21.8 Å². The molecule has 5 nitrogen and oxygen atoms in total. The van der Waals surface area contributed by atoms with Crippen LogP contribution in [0.4, 0.5) is 13.2 Å². The van der Waals surface area contributed by atoms with Gasteiger partial charge in [0.05, 0.1) is 21.8 Å². The summed E-state index contributed by atoms with van der Waals surface area (Å²) >= 11 is 6.13. The number of hydrogen-bond acceptors (Lipinski definition) is 3. The topological polar surface area (TPSA) is 68.9 Å². The molecule has 2 heterocycles. The summed E-state index contributed by atoms with van der Waals surface area (Å²) in [6.45, 7) is 0.998. The zero-order valence-corrected chi connectivity index (χ0v) is 14.7. The van der Waals surface area contributed by atoms with E-state index in [1.54, 1.807) is 18.2 Å². The Morgan fingerprint density at radius 2 is 2.04 bits per heavy atom. The molecule has 1 amide bonds. The van der Waals surface area contributed by atoms with Gasteiger partial charge >= 0.3 is 6.18 Å². The van der Waals surface area contributed by atoms with Crippen molar-refractivity contribution in [1.82, 2.24) is 10.3 Å². The number of alkyl halides is 3. The van der Waals surface area contributed by atoms with E-state index in [4.69, 9.17) is 11.6 Å². The zero-order valence-electron chi connectivity index (χ0n) is 13.9. The minimum atomic E-state index is -4.77. The number of pyridine rings is 2. The summed E-state index contributed by atoms with van der Waals surface area (Å²) in [7, 11) is 0. The van der Waals surface area contributed by atoms with E-state index < -0.39 is 18.1 Å². The molecule has 1 unspecified atom stereocenters. The number of para-hydroxylation sites is 1. The highest BCUT2D eigenvalue weighted by Crippen LogP contribution is 2.39. The molecule has 2 aromatic heterocycles. The number of carbonyl (C=O) groups is 1. The molecule has 0 aliphatic carbocycles. The number of amides is 1. The monoisotopic (exact) mass is 395 g/mol. The lowest BCUT2D eigenvalue weighted by molar-refractivity contribution is -0.604. The lowest BCUT2D eigenvalue weighted by Gasteiger charge is -2.24. The number of rotatable bonds is 3. The average Bonchev–Trinajstić information content (AvgIpc) is 2.58. The summed E-state index contributed by atoms with van der Waals surface area (Å²) in [6, 6.07) is 6.57. The van der Waals surface area contributed by atoms with E-state index in [9.17, 15) is 23.2 Å². The summed E-state index contributed by atoms with van der Waals surface area (Å²) in [5.74, 6) is -0.846. The van der Waals surface area contributed by atoms with Gasteiger partial charge in [-0.15, -0.1) is 0 Å². The smallest absolute Gasteiger partial charge is 0.412 e. The van der Waals surface area contributed by atoms with Crippen molar-refractivity contribution in [3.63, 3.8) is 0 Å². The fraction of sp³-hybridized carbons (Fsp3) is 0.167. The van der Waals surface area contributed by atoms with Crippen molar-refractivity contribution < 1.29 is 22.7 Å². The number of benzene rings is 1. The second kappa shape index (κ2) is 7.03. The standard InChI is InChI=1S/C18H13ClF3N3O2/c1-10(26)23-17(18(20,21)22)13-8-11-4-2-6-14(19)16(11)24-15(13)12-5-3-7-25(27)9-12/h2-9,17H,1H3,(H,23,26). The number of fused-ring (bicyclic) bond motifs is 1. The Kier molecular flexibility index (Phi) is 4.93. The van der Waals surface area contributed by atoms with Crippen LogP contribution in [0.1, 0.15) is 18.5 Å². The first-order valence-electron chi connectivity index (χ1n) is 7.79. The van der Waals surface area contributed by atoms with E-state index in [0.29, 0.717) is 15.6 Å². The van der Waals surface area contributed by atoms with Crippen molar-refractivity contribution in [2.45, 2.75) is 19.1 Å². The SMILES string of the molecule is CC(=O)NC(c1cc2cccc(Cl)c2nc1-c1ccc[n+]([O-])c1)C(F)(F)F. The van der Waals surface area contributed by atoms with Crippen molar-refractivity contribution >= 4 is 28.4 Å². The molecule has 0 aliphatic heterocycles. The summed E-state index contributed by atoms with van der Waals surface area (Å²) in [6.07, 6.45) is -2.46. The molecule has 0 radical (unpaired) electrons. The first-order chi connectivity index (χ1) is 12.7. The molecule has 0 saturated heterocycles. The first-order valence-corrected chi connectivity index (χ1v) is 8.17. The quantitative estimate of drug-likeness (QED) is 0.539. The molecule has 0 saturated carbocycles. The molecule has 0 bridgehead atoms. The summed E-state index contributed by atoms with van der Waals surface area (Å²) in [4.78, 5) is 15.7. The van der Waals surface area contributed by atoms with Crippen LogP contribution in [0.5, 0.6) is 0 Å². The van der Waals surface area contributed by atoms with Crippen LogP contribution >= 0.6 is 11.6 Å². The highest BCUT2D eigenvalue weighted by molar-refractivity contribution is 6.35. The largest absolute Gasteiger partial charge is 0.619 e. The van der Waals surface area contributed by atoms with Crippen LogP contribution in [0.15, 0.2) is 48.8 Å². The maximum absolute atomic E-state index is 13.7. The Labute approximate surface area is 157 Å². The van der Waals surface area contributed by atoms with Gasteiger partial charge in [0.15, 0.2) is 18.4 Å². The highest BCUT2D eigenvalue weighted by Gasteiger charge is 2.43. The van der Waals surface area contributed by atoms with Gasteiger partial charge in [-0.3, -0.25) is 4.79 Å². The van der Waals surface area contributed by atoms with Crippen molar-refractivity contribution in [3.05, 3.63) is 64.6 Å². The molecular formula is C18H13ClF3N3O2. The van der Waals surface area contributed by atoms with Crippen LogP contribution in [-0.2, 0) is 4.79 Å². The lowest BCUT2D eigenvalue weighted by atomic mass is 9.98. The van der Waals surface area contributed by atoms with Gasteiger partial charge in [-0.25, -0.2) is 4.98 Å². The lowest BCUT2D eigenvalue weighted by Crippen LogP contribution is -2.37. The van der Waals surface area contributed by atoms with Gasteiger partial charge in [0.2, 0.25) is 5.91 Å². The van der Waals surface area contributed by atoms with Crippen molar-refractivity contribution in [1.29, 1.82) is 0 Å². The van der Waals surface area contributed by atoms with Gasteiger partial charge in [-0.05, 0) is 18.2 Å². The Morgan fingerprint density at radius 1 is 1.30 bits per heavy atom. The molecule has 140 valence electrons. The third-order valence-electron chi connectivity index (χ3n) is 3.86. The molecule has 1 aromatic carbocycles. The van der Waals surface area contributed by atoms with Crippen LogP contribution in [0.3, 0.4) is 0 Å². The molecule has 1 atom stereocenters. The number of nitrogens with one attached hydrogen (secondary N) is 1. The van der Waals surface area contributed by atoms with Crippen LogP contribution in [0, 0.1) is 5.21 Å². The minimum absolute atomic E-state index is 0.0862.